The molecule has 1 aliphatic heterocycles. The van der Waals surface area contributed by atoms with E-state index in [4.69, 9.17) is 5.11 Å². The molecule has 1 N–H and O–H groups in total. The van der Waals surface area contributed by atoms with E-state index in [9.17, 15) is 14.9 Å². The van der Waals surface area contributed by atoms with Gasteiger partial charge in [0.05, 0.1) is 4.92 Å². The van der Waals surface area contributed by atoms with Crippen LogP contribution < -0.4 is 4.90 Å². The van der Waals surface area contributed by atoms with Crippen LogP contribution in [-0.4, -0.2) is 40.1 Å². The maximum absolute atomic E-state index is 11.2. The van der Waals surface area contributed by atoms with Crippen LogP contribution in [0.3, 0.4) is 0 Å². The van der Waals surface area contributed by atoms with Gasteiger partial charge < -0.3 is 10.0 Å². The number of carbonyl (C=O) groups is 1. The second-order valence-electron chi connectivity index (χ2n) is 3.90. The highest BCUT2D eigenvalue weighted by Gasteiger charge is 2.29. The maximum Gasteiger partial charge on any atom is 0.327 e. The lowest BCUT2D eigenvalue weighted by Gasteiger charge is -2.34. The number of aliphatic carboxylic acids is 1. The first-order chi connectivity index (χ1) is 8.59. The number of carboxylic acid groups (broad SMARTS) is 1. The smallest absolute Gasteiger partial charge is 0.327 e. The summed E-state index contributed by atoms with van der Waals surface area (Å²) in [5, 5.41) is 19.7. The van der Waals surface area contributed by atoms with Crippen molar-refractivity contribution in [3.05, 3.63) is 34.4 Å². The van der Waals surface area contributed by atoms with E-state index in [2.05, 4.69) is 0 Å². The summed E-state index contributed by atoms with van der Waals surface area (Å²) in [5.41, 5.74) is 0.727. The zero-order valence-electron chi connectivity index (χ0n) is 9.48. The first-order valence-corrected chi connectivity index (χ1v) is 6.56. The second kappa shape index (κ2) is 5.26. The molecule has 0 bridgehead atoms. The van der Waals surface area contributed by atoms with Gasteiger partial charge in [0.15, 0.2) is 0 Å². The predicted octanol–water partition coefficient (Wildman–Crippen LogP) is 1.60. The van der Waals surface area contributed by atoms with Crippen LogP contribution >= 0.6 is 11.8 Å². The summed E-state index contributed by atoms with van der Waals surface area (Å²) in [6.45, 7) is 0.638. The molecule has 1 atom stereocenters. The fraction of sp³-hybridized carbons (Fsp3) is 0.364. The van der Waals surface area contributed by atoms with Gasteiger partial charge >= 0.3 is 5.97 Å². The summed E-state index contributed by atoms with van der Waals surface area (Å²) in [6.07, 6.45) is 0. The summed E-state index contributed by atoms with van der Waals surface area (Å²) < 4.78 is 0. The van der Waals surface area contributed by atoms with Crippen LogP contribution in [0.1, 0.15) is 0 Å². The van der Waals surface area contributed by atoms with Gasteiger partial charge in [-0.2, -0.15) is 11.8 Å². The highest BCUT2D eigenvalue weighted by atomic mass is 32.2. The van der Waals surface area contributed by atoms with Crippen molar-refractivity contribution < 1.29 is 14.8 Å². The average molecular weight is 268 g/mol. The van der Waals surface area contributed by atoms with Gasteiger partial charge in [-0.25, -0.2) is 4.79 Å². The number of rotatable bonds is 3. The number of anilines is 1. The molecule has 2 rings (SSSR count). The van der Waals surface area contributed by atoms with Crippen LogP contribution in [0.5, 0.6) is 0 Å². The minimum Gasteiger partial charge on any atom is -0.480 e. The Bertz CT molecular complexity index is 463. The molecule has 0 amide bonds. The lowest BCUT2D eigenvalue weighted by atomic mass is 10.2. The average Bonchev–Trinajstić information content (AvgIpc) is 2.39. The Hall–Kier alpha value is -1.76. The Balaban J connectivity index is 2.23. The van der Waals surface area contributed by atoms with Crippen molar-refractivity contribution in [3.63, 3.8) is 0 Å². The lowest BCUT2D eigenvalue weighted by Crippen LogP contribution is -2.47. The minimum atomic E-state index is -0.861. The fourth-order valence-corrected chi connectivity index (χ4v) is 2.92. The summed E-state index contributed by atoms with van der Waals surface area (Å²) in [4.78, 5) is 23.0. The number of nitro benzene ring substituents is 1. The zero-order valence-corrected chi connectivity index (χ0v) is 10.3. The number of hydrogen-bond donors (Lipinski definition) is 1. The molecule has 1 aliphatic rings. The van der Waals surface area contributed by atoms with Crippen LogP contribution in [0.25, 0.3) is 0 Å². The molecule has 96 valence electrons. The molecule has 7 heteroatoms. The third kappa shape index (κ3) is 2.56. The van der Waals surface area contributed by atoms with Crippen molar-refractivity contribution in [2.24, 2.45) is 0 Å². The van der Waals surface area contributed by atoms with Crippen molar-refractivity contribution in [3.8, 4) is 0 Å². The van der Waals surface area contributed by atoms with E-state index in [0.29, 0.717) is 18.0 Å². The summed E-state index contributed by atoms with van der Waals surface area (Å²) >= 11 is 1.61. The van der Waals surface area contributed by atoms with Gasteiger partial charge in [0.1, 0.15) is 6.04 Å². The van der Waals surface area contributed by atoms with Crippen molar-refractivity contribution in [2.75, 3.05) is 23.0 Å². The lowest BCUT2D eigenvalue weighted by molar-refractivity contribution is -0.384. The molecule has 1 saturated heterocycles. The highest BCUT2D eigenvalue weighted by molar-refractivity contribution is 7.99. The number of carboxylic acids is 1. The Kier molecular flexibility index (Phi) is 3.71. The second-order valence-corrected chi connectivity index (χ2v) is 5.05. The van der Waals surface area contributed by atoms with E-state index in [1.165, 1.54) is 12.1 Å². The first kappa shape index (κ1) is 12.7. The molecule has 0 aliphatic carbocycles. The number of nitro groups is 1. The summed E-state index contributed by atoms with van der Waals surface area (Å²) in [6, 6.07) is 5.44. The number of hydrogen-bond acceptors (Lipinski definition) is 5. The Morgan fingerprint density at radius 3 is 2.67 bits per heavy atom. The first-order valence-electron chi connectivity index (χ1n) is 5.41. The van der Waals surface area contributed by atoms with Crippen LogP contribution in [0.2, 0.25) is 0 Å². The van der Waals surface area contributed by atoms with Crippen molar-refractivity contribution >= 4 is 29.1 Å². The predicted molar refractivity (Wildman–Crippen MR) is 69.2 cm³/mol. The molecule has 0 spiro atoms. The van der Waals surface area contributed by atoms with Crippen LogP contribution in [0.15, 0.2) is 24.3 Å². The fourth-order valence-electron chi connectivity index (χ4n) is 1.88. The van der Waals surface area contributed by atoms with Crippen molar-refractivity contribution in [1.82, 2.24) is 0 Å². The van der Waals surface area contributed by atoms with E-state index in [-0.39, 0.29) is 5.69 Å². The molecular formula is C11H12N2O4S. The molecule has 1 fully saturated rings. The van der Waals surface area contributed by atoms with Gasteiger partial charge in [0.2, 0.25) is 0 Å². The van der Waals surface area contributed by atoms with E-state index in [1.54, 1.807) is 28.8 Å². The molecule has 6 nitrogen and oxygen atoms in total. The third-order valence-corrected chi connectivity index (χ3v) is 3.83. The molecule has 1 aromatic rings. The largest absolute Gasteiger partial charge is 0.480 e. The van der Waals surface area contributed by atoms with E-state index in [0.717, 1.165) is 5.75 Å². The maximum atomic E-state index is 11.2. The summed E-state index contributed by atoms with van der Waals surface area (Å²) in [7, 11) is 0. The Morgan fingerprint density at radius 2 is 2.11 bits per heavy atom. The SMILES string of the molecule is O=C(O)C1CSCCN1c1ccc([N+](=O)[O-])cc1. The van der Waals surface area contributed by atoms with Crippen LogP contribution in [0.4, 0.5) is 11.4 Å². The van der Waals surface area contributed by atoms with Gasteiger partial charge in [-0.1, -0.05) is 0 Å². The van der Waals surface area contributed by atoms with E-state index >= 15 is 0 Å². The van der Waals surface area contributed by atoms with Crippen LogP contribution in [-0.2, 0) is 4.79 Å². The van der Waals surface area contributed by atoms with Gasteiger partial charge in [-0.05, 0) is 12.1 Å². The quantitative estimate of drug-likeness (QED) is 0.662. The molecular weight excluding hydrogens is 256 g/mol. The van der Waals surface area contributed by atoms with E-state index in [1.807, 2.05) is 0 Å². The van der Waals surface area contributed by atoms with Crippen LogP contribution in [0, 0.1) is 10.1 Å². The summed E-state index contributed by atoms with van der Waals surface area (Å²) in [5.74, 6) is 0.535. The number of non-ortho nitro benzene ring substituents is 1. The van der Waals surface area contributed by atoms with Gasteiger partial charge in [-0.15, -0.1) is 0 Å². The van der Waals surface area contributed by atoms with E-state index < -0.39 is 16.9 Å². The van der Waals surface area contributed by atoms with Crippen molar-refractivity contribution in [2.45, 2.75) is 6.04 Å². The molecule has 1 aromatic carbocycles. The molecule has 18 heavy (non-hydrogen) atoms. The monoisotopic (exact) mass is 268 g/mol. The molecule has 1 heterocycles. The standard InChI is InChI=1S/C11H12N2O4S/c14-11(15)10-7-18-6-5-12(10)8-1-3-9(4-2-8)13(16)17/h1-4,10H,5-7H2,(H,14,15). The molecule has 0 radical (unpaired) electrons. The molecule has 0 aromatic heterocycles. The Labute approximate surface area is 108 Å². The highest BCUT2D eigenvalue weighted by Crippen LogP contribution is 2.26. The van der Waals surface area contributed by atoms with Crippen molar-refractivity contribution in [1.29, 1.82) is 0 Å². The zero-order chi connectivity index (χ0) is 13.1. The number of nitrogens with zero attached hydrogens (tertiary/aromatic N) is 2. The normalized spacial score (nSPS) is 19.6. The van der Waals surface area contributed by atoms with Gasteiger partial charge in [-0.3, -0.25) is 10.1 Å². The Morgan fingerprint density at radius 1 is 1.44 bits per heavy atom. The minimum absolute atomic E-state index is 0.0111. The number of benzene rings is 1. The van der Waals surface area contributed by atoms with Gasteiger partial charge in [0, 0.05) is 35.9 Å². The topological polar surface area (TPSA) is 83.7 Å². The third-order valence-electron chi connectivity index (χ3n) is 2.81. The number of thioether (sulfide) groups is 1. The molecule has 1 unspecified atom stereocenters. The molecule has 0 saturated carbocycles. The van der Waals surface area contributed by atoms with Gasteiger partial charge in [0.25, 0.3) is 5.69 Å².